The fraction of sp³-hybridized carbons (Fsp3) is 0.0526. The summed E-state index contributed by atoms with van der Waals surface area (Å²) in [4.78, 5) is 0. The Morgan fingerprint density at radius 2 is 0.833 bits per heavy atom. The number of benzene rings is 3. The Labute approximate surface area is 142 Å². The highest BCUT2D eigenvalue weighted by molar-refractivity contribution is 5.47. The molecule has 0 N–H and O–H groups in total. The summed E-state index contributed by atoms with van der Waals surface area (Å²) in [7, 11) is -4.67. The monoisotopic (exact) mass is 342 g/mol. The van der Waals surface area contributed by atoms with Gasteiger partial charge in [-0.1, -0.05) is 91.0 Å². The molecule has 0 spiro atoms. The van der Waals surface area contributed by atoms with Crippen LogP contribution in [0.3, 0.4) is 0 Å². The van der Waals surface area contributed by atoms with Crippen LogP contribution >= 0.6 is 0 Å². The topological polar surface area (TPSA) is 78.4 Å². The van der Waals surface area contributed by atoms with E-state index in [9.17, 15) is 14.0 Å². The van der Waals surface area contributed by atoms with Gasteiger partial charge < -0.3 is 0 Å². The van der Waals surface area contributed by atoms with E-state index in [4.69, 9.17) is 4.29 Å². The van der Waals surface area contributed by atoms with E-state index in [0.717, 1.165) is 0 Å². The average molecular weight is 343 g/mol. The van der Waals surface area contributed by atoms with Crippen molar-refractivity contribution < 1.29 is 28.5 Å². The summed E-state index contributed by atoms with van der Waals surface area (Å²) in [6.45, 7) is 0. The van der Waals surface area contributed by atoms with E-state index in [1.807, 2.05) is 18.2 Å². The summed E-state index contributed by atoms with van der Waals surface area (Å²) in [6.07, 6.45) is 0. The minimum Gasteiger partial charge on any atom is -0.183 e. The molecule has 0 saturated heterocycles. The Bertz CT molecular complexity index is 674. The van der Waals surface area contributed by atoms with Crippen LogP contribution < -0.4 is 14.0 Å². The van der Waals surface area contributed by atoms with E-state index in [2.05, 4.69) is 0 Å². The SMILES string of the molecule is [O-][Cl+3]([O-])([O-])OC(c1ccccc1)(c1ccccc1)c1ccccc1. The van der Waals surface area contributed by atoms with Crippen LogP contribution in [-0.4, -0.2) is 0 Å². The molecule has 5 heteroatoms. The van der Waals surface area contributed by atoms with Crippen LogP contribution in [0.4, 0.5) is 0 Å². The molecular weight excluding hydrogens is 328 g/mol. The van der Waals surface area contributed by atoms with E-state index in [-0.39, 0.29) is 0 Å². The normalized spacial score (nSPS) is 12.1. The standard InChI is InChI=1S/C19H15ClO4/c21-20(22,23)24-19(16-10-4-1-5-11-16,17-12-6-2-7-13-17)18-14-8-3-9-15-18/h1-15H. The van der Waals surface area contributed by atoms with Crippen LogP contribution in [0.25, 0.3) is 0 Å². The molecule has 0 bridgehead atoms. The minimum atomic E-state index is -4.67. The van der Waals surface area contributed by atoms with Gasteiger partial charge in [-0.3, -0.25) is 0 Å². The highest BCUT2D eigenvalue weighted by Gasteiger charge is 2.51. The molecule has 0 atom stereocenters. The van der Waals surface area contributed by atoms with Gasteiger partial charge in [0, 0.05) is 16.7 Å². The molecule has 24 heavy (non-hydrogen) atoms. The number of hydrogen-bond donors (Lipinski definition) is 0. The molecule has 0 radical (unpaired) electrons. The van der Waals surface area contributed by atoms with Crippen LogP contribution in [0.5, 0.6) is 0 Å². The Kier molecular flexibility index (Phi) is 4.66. The van der Waals surface area contributed by atoms with Crippen molar-refractivity contribution in [2.45, 2.75) is 5.60 Å². The first-order chi connectivity index (χ1) is 11.5. The average Bonchev–Trinajstić information content (AvgIpc) is 2.61. The number of halogens is 1. The Morgan fingerprint density at radius 3 is 1.08 bits per heavy atom. The molecule has 0 aliphatic carbocycles. The summed E-state index contributed by atoms with van der Waals surface area (Å²) in [5.41, 5.74) is 0.101. The van der Waals surface area contributed by atoms with Crippen molar-refractivity contribution in [2.24, 2.45) is 0 Å². The molecule has 0 aliphatic rings. The lowest BCUT2D eigenvalue weighted by molar-refractivity contribution is -1.92. The van der Waals surface area contributed by atoms with Gasteiger partial charge >= 0.3 is 0 Å². The molecule has 4 nitrogen and oxygen atoms in total. The van der Waals surface area contributed by atoms with Crippen molar-refractivity contribution in [1.29, 1.82) is 0 Å². The third-order valence-corrected chi connectivity index (χ3v) is 4.17. The molecule has 3 aromatic rings. The fourth-order valence-electron chi connectivity index (χ4n) is 2.79. The van der Waals surface area contributed by atoms with Crippen molar-refractivity contribution in [3.05, 3.63) is 108 Å². The van der Waals surface area contributed by atoms with Crippen molar-refractivity contribution >= 4 is 0 Å². The van der Waals surface area contributed by atoms with Gasteiger partial charge in [0.1, 0.15) is 0 Å². The number of hydrogen-bond acceptors (Lipinski definition) is 4. The van der Waals surface area contributed by atoms with Gasteiger partial charge in [-0.05, 0) is 0 Å². The predicted molar refractivity (Wildman–Crippen MR) is 80.3 cm³/mol. The molecule has 0 heterocycles. The lowest BCUT2D eigenvalue weighted by Crippen LogP contribution is -2.64. The molecule has 3 aromatic carbocycles. The lowest BCUT2D eigenvalue weighted by atomic mass is 9.80. The fourth-order valence-corrected chi connectivity index (χ4v) is 3.34. The maximum Gasteiger partial charge on any atom is 0.298 e. The van der Waals surface area contributed by atoms with Gasteiger partial charge in [-0.15, -0.1) is 0 Å². The second kappa shape index (κ2) is 6.73. The molecule has 0 fully saturated rings. The zero-order valence-corrected chi connectivity index (χ0v) is 13.4. The Balaban J connectivity index is 2.33. The van der Waals surface area contributed by atoms with Gasteiger partial charge in [0.25, 0.3) is 5.60 Å². The second-order valence-electron chi connectivity index (χ2n) is 5.23. The third kappa shape index (κ3) is 3.33. The molecule has 0 aliphatic heterocycles. The zero-order chi connectivity index (χ0) is 17.0. The van der Waals surface area contributed by atoms with E-state index in [1.165, 1.54) is 0 Å². The van der Waals surface area contributed by atoms with Gasteiger partial charge in [0.15, 0.2) is 0 Å². The van der Waals surface area contributed by atoms with Crippen LogP contribution in [0.15, 0.2) is 91.0 Å². The molecule has 122 valence electrons. The van der Waals surface area contributed by atoms with Crippen LogP contribution in [-0.2, 0) is 9.89 Å². The predicted octanol–water partition coefficient (Wildman–Crippen LogP) is 0.892. The van der Waals surface area contributed by atoms with Crippen molar-refractivity contribution in [1.82, 2.24) is 0 Å². The first-order valence-corrected chi connectivity index (χ1v) is 8.54. The summed E-state index contributed by atoms with van der Waals surface area (Å²) in [5.74, 6) is 0. The summed E-state index contributed by atoms with van der Waals surface area (Å²) < 4.78 is 39.9. The molecule has 0 unspecified atom stereocenters. The van der Waals surface area contributed by atoms with Gasteiger partial charge in [0.05, 0.1) is 14.5 Å². The Morgan fingerprint density at radius 1 is 0.542 bits per heavy atom. The molecule has 3 rings (SSSR count). The van der Waals surface area contributed by atoms with Gasteiger partial charge in [-0.25, -0.2) is 0 Å². The maximum atomic E-state index is 11.6. The van der Waals surface area contributed by atoms with Gasteiger partial charge in [-0.2, -0.15) is 14.0 Å². The van der Waals surface area contributed by atoms with E-state index in [0.29, 0.717) is 16.7 Å². The van der Waals surface area contributed by atoms with Crippen LogP contribution in [0.2, 0.25) is 0 Å². The molecule has 0 amide bonds. The second-order valence-corrected chi connectivity index (χ2v) is 6.14. The first kappa shape index (κ1) is 16.6. The molecular formula is C19H15ClO4. The smallest absolute Gasteiger partial charge is 0.183 e. The lowest BCUT2D eigenvalue weighted by Gasteiger charge is -2.31. The highest BCUT2D eigenvalue weighted by Crippen LogP contribution is 2.41. The quantitative estimate of drug-likeness (QED) is 0.645. The zero-order valence-electron chi connectivity index (χ0n) is 12.7. The highest BCUT2D eigenvalue weighted by atomic mass is 35.7. The minimum absolute atomic E-state index is 0.550. The largest absolute Gasteiger partial charge is 0.298 e. The third-order valence-electron chi connectivity index (χ3n) is 3.75. The maximum absolute atomic E-state index is 11.6. The van der Waals surface area contributed by atoms with Crippen LogP contribution in [0, 0.1) is 10.2 Å². The van der Waals surface area contributed by atoms with E-state index >= 15 is 0 Å². The van der Waals surface area contributed by atoms with Gasteiger partial charge in [0.2, 0.25) is 0 Å². The summed E-state index contributed by atoms with van der Waals surface area (Å²) in [6, 6.07) is 26.5. The Hall–Kier alpha value is -2.21. The van der Waals surface area contributed by atoms with E-state index < -0.39 is 15.8 Å². The first-order valence-electron chi connectivity index (χ1n) is 7.30. The van der Waals surface area contributed by atoms with Crippen LogP contribution in [0.1, 0.15) is 16.7 Å². The summed E-state index contributed by atoms with van der Waals surface area (Å²) in [5, 5.41) is 0. The van der Waals surface area contributed by atoms with E-state index in [1.54, 1.807) is 72.8 Å². The van der Waals surface area contributed by atoms with Crippen molar-refractivity contribution in [3.63, 3.8) is 0 Å². The number of rotatable bonds is 5. The molecule has 0 saturated carbocycles. The molecule has 0 aromatic heterocycles. The van der Waals surface area contributed by atoms with Crippen molar-refractivity contribution in [3.8, 4) is 0 Å². The summed E-state index contributed by atoms with van der Waals surface area (Å²) >= 11 is 0. The van der Waals surface area contributed by atoms with Crippen molar-refractivity contribution in [2.75, 3.05) is 0 Å².